The average Bonchev–Trinajstić information content (AvgIpc) is 2.49. The van der Waals surface area contributed by atoms with Crippen molar-refractivity contribution in [1.29, 1.82) is 0 Å². The molecule has 1 unspecified atom stereocenters. The van der Waals surface area contributed by atoms with E-state index in [1.54, 1.807) is 18.2 Å². The van der Waals surface area contributed by atoms with E-state index in [0.717, 1.165) is 13.0 Å². The fraction of sp³-hybridized carbons (Fsp3) is 0.625. The average molecular weight is 299 g/mol. The van der Waals surface area contributed by atoms with Gasteiger partial charge in [0, 0.05) is 18.8 Å². The Morgan fingerprint density at radius 1 is 1.14 bits per heavy atom. The lowest BCUT2D eigenvalue weighted by atomic mass is 10.0. The van der Waals surface area contributed by atoms with E-state index in [4.69, 9.17) is 14.2 Å². The number of benzene rings is 1. The highest BCUT2D eigenvalue weighted by Gasteiger charge is 2.27. The molecule has 1 atom stereocenters. The summed E-state index contributed by atoms with van der Waals surface area (Å²) in [5.41, 5.74) is 0.495. The molecule has 0 spiro atoms. The van der Waals surface area contributed by atoms with Gasteiger partial charge in [-0.25, -0.2) is 4.39 Å². The second kappa shape index (κ2) is 9.71. The third-order valence-corrected chi connectivity index (χ3v) is 3.10. The summed E-state index contributed by atoms with van der Waals surface area (Å²) in [5.74, 6) is -0.152. The minimum Gasteiger partial charge on any atom is -0.494 e. The van der Waals surface area contributed by atoms with Crippen LogP contribution in [0.4, 0.5) is 4.39 Å². The molecule has 1 N–H and O–H groups in total. The van der Waals surface area contributed by atoms with Crippen molar-refractivity contribution in [3.05, 3.63) is 29.6 Å². The van der Waals surface area contributed by atoms with Crippen LogP contribution in [0, 0.1) is 5.82 Å². The van der Waals surface area contributed by atoms with E-state index >= 15 is 0 Å². The van der Waals surface area contributed by atoms with E-state index in [-0.39, 0.29) is 17.6 Å². The fourth-order valence-corrected chi connectivity index (χ4v) is 2.15. The third kappa shape index (κ3) is 4.95. The smallest absolute Gasteiger partial charge is 0.176 e. The predicted molar refractivity (Wildman–Crippen MR) is 81.0 cm³/mol. The van der Waals surface area contributed by atoms with Gasteiger partial charge in [0.2, 0.25) is 0 Å². The van der Waals surface area contributed by atoms with Crippen LogP contribution in [0.5, 0.6) is 5.75 Å². The number of halogens is 1. The molecule has 0 saturated heterocycles. The molecule has 4 nitrogen and oxygen atoms in total. The minimum atomic E-state index is -0.534. The molecule has 21 heavy (non-hydrogen) atoms. The molecule has 0 aliphatic heterocycles. The van der Waals surface area contributed by atoms with E-state index < -0.39 is 6.29 Å². The summed E-state index contributed by atoms with van der Waals surface area (Å²) >= 11 is 0. The van der Waals surface area contributed by atoms with Crippen LogP contribution in [0.15, 0.2) is 18.2 Å². The Kier molecular flexibility index (Phi) is 8.27. The Balaban J connectivity index is 3.10. The van der Waals surface area contributed by atoms with Gasteiger partial charge in [-0.1, -0.05) is 19.1 Å². The van der Waals surface area contributed by atoms with E-state index in [0.29, 0.717) is 18.8 Å². The van der Waals surface area contributed by atoms with Crippen molar-refractivity contribution in [3.63, 3.8) is 0 Å². The summed E-state index contributed by atoms with van der Waals surface area (Å²) in [4.78, 5) is 0. The molecule has 0 aliphatic rings. The van der Waals surface area contributed by atoms with Crippen molar-refractivity contribution in [2.45, 2.75) is 39.5 Å². The van der Waals surface area contributed by atoms with E-state index in [1.807, 2.05) is 13.8 Å². The SMILES string of the molecule is CCCNC(c1cccc(OC)c1F)C(OCC)OCC. The van der Waals surface area contributed by atoms with Crippen molar-refractivity contribution in [2.24, 2.45) is 0 Å². The fourth-order valence-electron chi connectivity index (χ4n) is 2.15. The molecule has 0 radical (unpaired) electrons. The lowest BCUT2D eigenvalue weighted by Crippen LogP contribution is -2.37. The van der Waals surface area contributed by atoms with Crippen LogP contribution in [-0.4, -0.2) is 33.2 Å². The van der Waals surface area contributed by atoms with Gasteiger partial charge < -0.3 is 19.5 Å². The Bertz CT molecular complexity index is 409. The van der Waals surface area contributed by atoms with Crippen molar-refractivity contribution < 1.29 is 18.6 Å². The number of hydrogen-bond acceptors (Lipinski definition) is 4. The molecule has 0 heterocycles. The molecule has 0 bridgehead atoms. The highest BCUT2D eigenvalue weighted by atomic mass is 19.1. The molecule has 1 rings (SSSR count). The first-order chi connectivity index (χ1) is 10.2. The molecular formula is C16H26FNO3. The lowest BCUT2D eigenvalue weighted by molar-refractivity contribution is -0.155. The van der Waals surface area contributed by atoms with Crippen LogP contribution in [0.3, 0.4) is 0 Å². The number of nitrogens with one attached hydrogen (secondary N) is 1. The maximum Gasteiger partial charge on any atom is 0.176 e. The molecule has 0 amide bonds. The number of hydrogen-bond donors (Lipinski definition) is 1. The summed E-state index contributed by atoms with van der Waals surface area (Å²) < 4.78 is 30.8. The number of methoxy groups -OCH3 is 1. The maximum atomic E-state index is 14.5. The Morgan fingerprint density at radius 2 is 1.81 bits per heavy atom. The van der Waals surface area contributed by atoms with E-state index in [2.05, 4.69) is 12.2 Å². The molecule has 1 aromatic rings. The van der Waals surface area contributed by atoms with Gasteiger partial charge in [0.15, 0.2) is 17.9 Å². The Morgan fingerprint density at radius 3 is 2.33 bits per heavy atom. The maximum absolute atomic E-state index is 14.5. The first kappa shape index (κ1) is 17.9. The lowest BCUT2D eigenvalue weighted by Gasteiger charge is -2.28. The molecule has 0 fully saturated rings. The quantitative estimate of drug-likeness (QED) is 0.673. The zero-order valence-corrected chi connectivity index (χ0v) is 13.3. The van der Waals surface area contributed by atoms with Crippen molar-refractivity contribution in [2.75, 3.05) is 26.9 Å². The minimum absolute atomic E-state index is 0.225. The summed E-state index contributed by atoms with van der Waals surface area (Å²) in [6.45, 7) is 7.59. The molecule has 120 valence electrons. The molecule has 0 aromatic heterocycles. The van der Waals surface area contributed by atoms with Gasteiger partial charge in [-0.15, -0.1) is 0 Å². The number of ether oxygens (including phenoxy) is 3. The van der Waals surface area contributed by atoms with Crippen LogP contribution in [-0.2, 0) is 9.47 Å². The van der Waals surface area contributed by atoms with Crippen LogP contribution >= 0.6 is 0 Å². The molecular weight excluding hydrogens is 273 g/mol. The summed E-state index contributed by atoms with van der Waals surface area (Å²) in [6.07, 6.45) is 0.403. The molecule has 5 heteroatoms. The van der Waals surface area contributed by atoms with E-state index in [9.17, 15) is 4.39 Å². The van der Waals surface area contributed by atoms with Crippen molar-refractivity contribution in [3.8, 4) is 5.75 Å². The van der Waals surface area contributed by atoms with Crippen LogP contribution in [0.2, 0.25) is 0 Å². The van der Waals surface area contributed by atoms with Gasteiger partial charge in [-0.05, 0) is 32.9 Å². The Hall–Kier alpha value is -1.17. The standard InChI is InChI=1S/C16H26FNO3/c1-5-11-18-15(16(20-6-2)21-7-3)12-9-8-10-13(19-4)14(12)17/h8-10,15-16,18H,5-7,11H2,1-4H3. The first-order valence-corrected chi connectivity index (χ1v) is 7.48. The summed E-state index contributed by atoms with van der Waals surface area (Å²) in [7, 11) is 1.46. The summed E-state index contributed by atoms with van der Waals surface area (Å²) in [6, 6.07) is 4.73. The second-order valence-corrected chi connectivity index (χ2v) is 4.57. The summed E-state index contributed by atoms with van der Waals surface area (Å²) in [5, 5.41) is 3.30. The largest absolute Gasteiger partial charge is 0.494 e. The Labute approximate surface area is 126 Å². The van der Waals surface area contributed by atoms with Crippen molar-refractivity contribution in [1.82, 2.24) is 5.32 Å². The van der Waals surface area contributed by atoms with Crippen LogP contribution < -0.4 is 10.1 Å². The third-order valence-electron chi connectivity index (χ3n) is 3.10. The topological polar surface area (TPSA) is 39.7 Å². The zero-order valence-electron chi connectivity index (χ0n) is 13.3. The monoisotopic (exact) mass is 299 g/mol. The normalized spacial score (nSPS) is 12.7. The predicted octanol–water partition coefficient (Wildman–Crippen LogP) is 3.27. The van der Waals surface area contributed by atoms with Gasteiger partial charge >= 0.3 is 0 Å². The van der Waals surface area contributed by atoms with Gasteiger partial charge in [0.1, 0.15) is 0 Å². The first-order valence-electron chi connectivity index (χ1n) is 7.48. The molecule has 0 saturated carbocycles. The zero-order chi connectivity index (χ0) is 15.7. The van der Waals surface area contributed by atoms with Gasteiger partial charge in [-0.3, -0.25) is 0 Å². The molecule has 1 aromatic carbocycles. The van der Waals surface area contributed by atoms with Gasteiger partial charge in [-0.2, -0.15) is 0 Å². The highest BCUT2D eigenvalue weighted by molar-refractivity contribution is 5.33. The number of rotatable bonds is 10. The van der Waals surface area contributed by atoms with Crippen molar-refractivity contribution >= 4 is 0 Å². The van der Waals surface area contributed by atoms with Gasteiger partial charge in [0.05, 0.1) is 13.2 Å². The van der Waals surface area contributed by atoms with E-state index in [1.165, 1.54) is 7.11 Å². The van der Waals surface area contributed by atoms with Gasteiger partial charge in [0.25, 0.3) is 0 Å². The molecule has 0 aliphatic carbocycles. The van der Waals surface area contributed by atoms with Crippen LogP contribution in [0.25, 0.3) is 0 Å². The second-order valence-electron chi connectivity index (χ2n) is 4.57. The highest BCUT2D eigenvalue weighted by Crippen LogP contribution is 2.28. The van der Waals surface area contributed by atoms with Crippen LogP contribution in [0.1, 0.15) is 38.8 Å².